The van der Waals surface area contributed by atoms with Gasteiger partial charge in [0.2, 0.25) is 11.0 Å². The van der Waals surface area contributed by atoms with Gasteiger partial charge in [0.25, 0.3) is 0 Å². The van der Waals surface area contributed by atoms with Crippen molar-refractivity contribution in [2.75, 3.05) is 6.54 Å². The van der Waals surface area contributed by atoms with Crippen molar-refractivity contribution in [2.45, 2.75) is 19.9 Å². The predicted octanol–water partition coefficient (Wildman–Crippen LogP) is 1.90. The highest BCUT2D eigenvalue weighted by molar-refractivity contribution is 7.13. The van der Waals surface area contributed by atoms with E-state index in [4.69, 9.17) is 11.0 Å². The van der Waals surface area contributed by atoms with E-state index in [0.717, 1.165) is 16.8 Å². The smallest absolute Gasteiger partial charge is 0.217 e. The minimum Gasteiger partial charge on any atom is -0.370 e. The van der Waals surface area contributed by atoms with Crippen LogP contribution in [0.25, 0.3) is 11.3 Å². The van der Waals surface area contributed by atoms with Crippen molar-refractivity contribution in [3.05, 3.63) is 35.2 Å². The van der Waals surface area contributed by atoms with Gasteiger partial charge >= 0.3 is 0 Å². The summed E-state index contributed by atoms with van der Waals surface area (Å²) in [6.07, 6.45) is 0.362. The largest absolute Gasteiger partial charge is 0.370 e. The summed E-state index contributed by atoms with van der Waals surface area (Å²) in [6.45, 7) is 2.42. The fraction of sp³-hybridized carbons (Fsp3) is 0.250. The van der Waals surface area contributed by atoms with Gasteiger partial charge in [0.15, 0.2) is 5.96 Å². The van der Waals surface area contributed by atoms with Gasteiger partial charge in [-0.25, -0.2) is 4.98 Å². The third kappa shape index (κ3) is 5.37. The summed E-state index contributed by atoms with van der Waals surface area (Å²) in [7, 11) is 0. The van der Waals surface area contributed by atoms with Gasteiger partial charge in [-0.3, -0.25) is 4.79 Å². The van der Waals surface area contributed by atoms with E-state index in [1.165, 1.54) is 18.3 Å². The molecule has 0 spiro atoms. The van der Waals surface area contributed by atoms with E-state index in [-0.39, 0.29) is 11.9 Å². The highest BCUT2D eigenvalue weighted by Crippen LogP contribution is 2.27. The Morgan fingerprint density at radius 2 is 2.29 bits per heavy atom. The van der Waals surface area contributed by atoms with Crippen LogP contribution in [-0.2, 0) is 11.3 Å². The first-order chi connectivity index (χ1) is 11.6. The second kappa shape index (κ2) is 8.64. The van der Waals surface area contributed by atoms with Crippen LogP contribution in [0.15, 0.2) is 34.6 Å². The second-order valence-corrected chi connectivity index (χ2v) is 5.79. The fourth-order valence-corrected chi connectivity index (χ4v) is 2.61. The average Bonchev–Trinajstić information content (AvgIpc) is 3.02. The number of carbonyl (C=O) groups excluding carboxylic acids is 1. The molecule has 0 saturated carbocycles. The number of nitrogens with zero attached hydrogens (tertiary/aromatic N) is 3. The van der Waals surface area contributed by atoms with Gasteiger partial charge in [-0.05, 0) is 11.6 Å². The molecular weight excluding hydrogens is 324 g/mol. The number of guanidine groups is 1. The van der Waals surface area contributed by atoms with Crippen LogP contribution in [0.3, 0.4) is 0 Å². The van der Waals surface area contributed by atoms with Gasteiger partial charge < -0.3 is 16.4 Å². The lowest BCUT2D eigenvalue weighted by atomic mass is 10.1. The lowest BCUT2D eigenvalue weighted by Gasteiger charge is -2.04. The number of amides is 1. The quantitative estimate of drug-likeness (QED) is 0.421. The van der Waals surface area contributed by atoms with Crippen LogP contribution in [0.5, 0.6) is 0 Å². The highest BCUT2D eigenvalue weighted by atomic mass is 32.1. The number of thiazole rings is 1. The van der Waals surface area contributed by atoms with Crippen LogP contribution < -0.4 is 16.4 Å². The molecule has 4 N–H and O–H groups in total. The molecule has 7 nitrogen and oxygen atoms in total. The highest BCUT2D eigenvalue weighted by Gasteiger charge is 2.06. The monoisotopic (exact) mass is 342 g/mol. The molecule has 0 atom stereocenters. The molecule has 0 saturated heterocycles. The molecule has 0 fully saturated rings. The molecule has 0 unspecified atom stereocenters. The van der Waals surface area contributed by atoms with Crippen LogP contribution in [0.2, 0.25) is 0 Å². The third-order valence-electron chi connectivity index (χ3n) is 3.02. The molecule has 1 aromatic heterocycles. The number of carbonyl (C=O) groups is 1. The molecule has 0 aliphatic heterocycles. The number of aliphatic imine (C=N–C) groups is 1. The van der Waals surface area contributed by atoms with E-state index >= 15 is 0 Å². The molecule has 8 heteroatoms. The molecule has 0 aliphatic carbocycles. The Kier molecular flexibility index (Phi) is 6.28. The Labute approximate surface area is 144 Å². The Balaban J connectivity index is 2.07. The summed E-state index contributed by atoms with van der Waals surface area (Å²) < 4.78 is 0. The van der Waals surface area contributed by atoms with Crippen molar-refractivity contribution in [1.29, 1.82) is 5.26 Å². The maximum Gasteiger partial charge on any atom is 0.217 e. The molecule has 24 heavy (non-hydrogen) atoms. The zero-order chi connectivity index (χ0) is 17.4. The number of aromatic nitrogens is 1. The summed E-state index contributed by atoms with van der Waals surface area (Å²) in [5.74, 6) is 0.176. The molecule has 2 aromatic rings. The zero-order valence-electron chi connectivity index (χ0n) is 13.2. The standard InChI is InChI=1S/C16H18N6OS/c1-11(23)20-9-12-4-2-5-13(8-12)14-10-24-16(21-14)22-15(18)19-7-3-6-17/h2,4-5,8,10H,3,7,9H2,1H3,(H,20,23)(H3,18,19,21,22). The van der Waals surface area contributed by atoms with Crippen molar-refractivity contribution in [2.24, 2.45) is 10.7 Å². The van der Waals surface area contributed by atoms with Crippen molar-refractivity contribution in [1.82, 2.24) is 15.6 Å². The molecular formula is C16H18N6OS. The van der Waals surface area contributed by atoms with Crippen LogP contribution in [0.1, 0.15) is 18.9 Å². The molecule has 124 valence electrons. The minimum absolute atomic E-state index is 0.0648. The molecule has 1 amide bonds. The summed E-state index contributed by atoms with van der Waals surface area (Å²) >= 11 is 1.38. The maximum absolute atomic E-state index is 11.0. The summed E-state index contributed by atoms with van der Waals surface area (Å²) in [6, 6.07) is 9.82. The minimum atomic E-state index is -0.0648. The number of rotatable bonds is 6. The Hall–Kier alpha value is -2.92. The molecule has 0 radical (unpaired) electrons. The Morgan fingerprint density at radius 1 is 1.46 bits per heavy atom. The number of hydrogen-bond acceptors (Lipinski definition) is 5. The normalized spacial score (nSPS) is 10.9. The molecule has 1 heterocycles. The number of nitrogens with two attached hydrogens (primary N) is 1. The predicted molar refractivity (Wildman–Crippen MR) is 94.6 cm³/mol. The van der Waals surface area contributed by atoms with Crippen molar-refractivity contribution in [3.63, 3.8) is 0 Å². The van der Waals surface area contributed by atoms with Crippen molar-refractivity contribution < 1.29 is 4.79 Å². The van der Waals surface area contributed by atoms with Gasteiger partial charge in [-0.1, -0.05) is 18.2 Å². The Bertz CT molecular complexity index is 777. The number of nitrogens with one attached hydrogen (secondary N) is 2. The Morgan fingerprint density at radius 3 is 3.04 bits per heavy atom. The van der Waals surface area contributed by atoms with E-state index in [0.29, 0.717) is 24.6 Å². The molecule has 0 bridgehead atoms. The van der Waals surface area contributed by atoms with E-state index in [2.05, 4.69) is 20.6 Å². The van der Waals surface area contributed by atoms with Gasteiger partial charge in [0.1, 0.15) is 0 Å². The van der Waals surface area contributed by atoms with Gasteiger partial charge in [0, 0.05) is 31.0 Å². The van der Waals surface area contributed by atoms with Crippen molar-refractivity contribution >= 4 is 28.3 Å². The molecule has 0 aliphatic rings. The van der Waals surface area contributed by atoms with Crippen LogP contribution in [0, 0.1) is 11.3 Å². The molecule has 2 rings (SSSR count). The van der Waals surface area contributed by atoms with Crippen LogP contribution in [0.4, 0.5) is 5.13 Å². The van der Waals surface area contributed by atoms with Gasteiger partial charge in [-0.15, -0.1) is 11.3 Å². The second-order valence-electron chi connectivity index (χ2n) is 4.96. The first-order valence-corrected chi connectivity index (χ1v) is 8.20. The van der Waals surface area contributed by atoms with E-state index in [1.807, 2.05) is 35.7 Å². The van der Waals surface area contributed by atoms with Gasteiger partial charge in [0.05, 0.1) is 18.2 Å². The summed E-state index contributed by atoms with van der Waals surface area (Å²) in [5, 5.41) is 16.5. The third-order valence-corrected chi connectivity index (χ3v) is 3.75. The fourth-order valence-electron chi connectivity index (χ4n) is 1.90. The summed E-state index contributed by atoms with van der Waals surface area (Å²) in [5.41, 5.74) is 8.49. The number of benzene rings is 1. The maximum atomic E-state index is 11.0. The van der Waals surface area contributed by atoms with E-state index in [9.17, 15) is 4.79 Å². The zero-order valence-corrected chi connectivity index (χ0v) is 14.1. The number of nitriles is 1. The molecule has 1 aromatic carbocycles. The SMILES string of the molecule is CC(=O)NCc1cccc(-c2csc(N=C(N)NCCC#N)n2)c1. The lowest BCUT2D eigenvalue weighted by Crippen LogP contribution is -2.31. The van der Waals surface area contributed by atoms with Gasteiger partial charge in [-0.2, -0.15) is 10.3 Å². The lowest BCUT2D eigenvalue weighted by molar-refractivity contribution is -0.119. The summed E-state index contributed by atoms with van der Waals surface area (Å²) in [4.78, 5) is 19.6. The first kappa shape index (κ1) is 17.4. The van der Waals surface area contributed by atoms with Crippen LogP contribution in [-0.4, -0.2) is 23.4 Å². The first-order valence-electron chi connectivity index (χ1n) is 7.32. The number of hydrogen-bond donors (Lipinski definition) is 3. The van der Waals surface area contributed by atoms with Crippen LogP contribution >= 0.6 is 11.3 Å². The average molecular weight is 342 g/mol. The van der Waals surface area contributed by atoms with E-state index in [1.54, 1.807) is 0 Å². The van der Waals surface area contributed by atoms with E-state index < -0.39 is 0 Å². The van der Waals surface area contributed by atoms with Crippen molar-refractivity contribution in [3.8, 4) is 17.3 Å². The topological polar surface area (TPSA) is 116 Å².